The Hall–Kier alpha value is -2.04. The van der Waals surface area contributed by atoms with E-state index < -0.39 is 11.0 Å². The van der Waals surface area contributed by atoms with Crippen LogP contribution in [0.15, 0.2) is 48.5 Å². The number of halogens is 2. The lowest BCUT2D eigenvalue weighted by Crippen LogP contribution is -2.56. The van der Waals surface area contributed by atoms with Crippen molar-refractivity contribution < 1.29 is 9.59 Å². The molecule has 4 nitrogen and oxygen atoms in total. The fourth-order valence-electron chi connectivity index (χ4n) is 2.93. The van der Waals surface area contributed by atoms with E-state index in [9.17, 15) is 9.59 Å². The lowest BCUT2D eigenvalue weighted by Gasteiger charge is -2.47. The van der Waals surface area contributed by atoms with E-state index in [1.807, 2.05) is 0 Å². The van der Waals surface area contributed by atoms with Crippen molar-refractivity contribution in [1.29, 1.82) is 0 Å². The van der Waals surface area contributed by atoms with Gasteiger partial charge in [-0.05, 0) is 12.1 Å². The number of benzene rings is 2. The van der Waals surface area contributed by atoms with Gasteiger partial charge in [-0.25, -0.2) is 10.0 Å². The first-order valence-electron chi connectivity index (χ1n) is 6.74. The van der Waals surface area contributed by atoms with Gasteiger partial charge in [-0.15, -0.1) is 0 Å². The molecule has 2 aromatic carbocycles. The highest BCUT2D eigenvalue weighted by atomic mass is 35.5. The van der Waals surface area contributed by atoms with Gasteiger partial charge >= 0.3 is 0 Å². The van der Waals surface area contributed by atoms with Gasteiger partial charge in [-0.2, -0.15) is 0 Å². The van der Waals surface area contributed by atoms with E-state index in [1.165, 1.54) is 10.0 Å². The number of carbonyl (C=O) groups excluding carboxylic acids is 2. The van der Waals surface area contributed by atoms with E-state index in [1.54, 1.807) is 48.5 Å². The average Bonchev–Trinajstić information content (AvgIpc) is 2.56. The zero-order valence-corrected chi connectivity index (χ0v) is 12.8. The molecule has 0 radical (unpaired) electrons. The highest BCUT2D eigenvalue weighted by Crippen LogP contribution is 2.45. The average molecular weight is 333 g/mol. The fraction of sp³-hybridized carbons (Fsp3) is 0.125. The van der Waals surface area contributed by atoms with Gasteiger partial charge in [0.05, 0.1) is 0 Å². The molecule has 4 rings (SSSR count). The van der Waals surface area contributed by atoms with E-state index in [-0.39, 0.29) is 11.8 Å². The highest BCUT2D eigenvalue weighted by Gasteiger charge is 2.47. The van der Waals surface area contributed by atoms with Gasteiger partial charge in [0, 0.05) is 22.3 Å². The third-order valence-corrected chi connectivity index (χ3v) is 4.81. The van der Waals surface area contributed by atoms with Crippen molar-refractivity contribution in [2.75, 3.05) is 0 Å². The minimum absolute atomic E-state index is 0.324. The highest BCUT2D eigenvalue weighted by molar-refractivity contribution is 6.27. The summed E-state index contributed by atoms with van der Waals surface area (Å²) in [7, 11) is 0. The van der Waals surface area contributed by atoms with Gasteiger partial charge in [0.25, 0.3) is 11.8 Å². The Morgan fingerprint density at radius 1 is 0.682 bits per heavy atom. The van der Waals surface area contributed by atoms with Crippen LogP contribution < -0.4 is 0 Å². The molecule has 0 saturated carbocycles. The van der Waals surface area contributed by atoms with Crippen LogP contribution in [-0.4, -0.2) is 21.8 Å². The Labute approximate surface area is 136 Å². The van der Waals surface area contributed by atoms with Crippen LogP contribution >= 0.6 is 23.2 Å². The number of rotatable bonds is 0. The first-order valence-corrected chi connectivity index (χ1v) is 7.61. The number of alkyl halides is 2. The summed E-state index contributed by atoms with van der Waals surface area (Å²) in [5.74, 6) is -0.647. The van der Waals surface area contributed by atoms with E-state index in [2.05, 4.69) is 0 Å². The Morgan fingerprint density at radius 2 is 1.05 bits per heavy atom. The first kappa shape index (κ1) is 13.6. The molecule has 0 aromatic heterocycles. The van der Waals surface area contributed by atoms with Gasteiger partial charge in [0.15, 0.2) is 11.0 Å². The number of hydrazine groups is 1. The summed E-state index contributed by atoms with van der Waals surface area (Å²) < 4.78 is 0. The van der Waals surface area contributed by atoms with Crippen LogP contribution in [0.1, 0.15) is 42.8 Å². The minimum atomic E-state index is -0.768. The number of fused-ring (bicyclic) bond motifs is 3. The monoisotopic (exact) mass is 332 g/mol. The molecule has 6 heteroatoms. The maximum absolute atomic E-state index is 12.8. The normalized spacial score (nSPS) is 23.0. The van der Waals surface area contributed by atoms with Crippen LogP contribution in [0.25, 0.3) is 0 Å². The third kappa shape index (κ3) is 1.65. The van der Waals surface area contributed by atoms with Crippen molar-refractivity contribution in [3.05, 3.63) is 70.8 Å². The molecule has 0 fully saturated rings. The number of carbonyl (C=O) groups is 2. The number of amides is 2. The van der Waals surface area contributed by atoms with Crippen molar-refractivity contribution in [3.63, 3.8) is 0 Å². The number of nitrogens with zero attached hydrogens (tertiary/aromatic N) is 2. The van der Waals surface area contributed by atoms with Gasteiger partial charge in [-0.1, -0.05) is 59.6 Å². The standard InChI is InChI=1S/C16H10Cl2N2O2/c17-13-9-5-1-3-7-11(9)15(21)20-14(18)10-6-2-4-8-12(10)16(22)19(13)20/h1-8,13-14H. The molecule has 0 bridgehead atoms. The molecule has 2 atom stereocenters. The molecular formula is C16H10Cl2N2O2. The quantitative estimate of drug-likeness (QED) is 0.545. The smallest absolute Gasteiger partial charge is 0.267 e. The summed E-state index contributed by atoms with van der Waals surface area (Å²) in [6, 6.07) is 14.0. The van der Waals surface area contributed by atoms with Gasteiger partial charge in [0.1, 0.15) is 0 Å². The van der Waals surface area contributed by atoms with E-state index >= 15 is 0 Å². The summed E-state index contributed by atoms with van der Waals surface area (Å²) in [5, 5.41) is 2.48. The lowest BCUT2D eigenvalue weighted by atomic mass is 9.98. The van der Waals surface area contributed by atoms with E-state index in [0.717, 1.165) is 0 Å². The molecule has 2 unspecified atom stereocenters. The molecule has 2 aromatic rings. The molecule has 0 spiro atoms. The SMILES string of the molecule is O=C1c2ccccc2C(Cl)N2C(=O)c3ccccc3C(Cl)N12. The van der Waals surface area contributed by atoms with Crippen molar-refractivity contribution in [1.82, 2.24) is 10.0 Å². The fourth-order valence-corrected chi connectivity index (χ4v) is 3.68. The summed E-state index contributed by atoms with van der Waals surface area (Å²) in [6.45, 7) is 0. The topological polar surface area (TPSA) is 40.6 Å². The number of hydrogen-bond donors (Lipinski definition) is 0. The molecule has 110 valence electrons. The maximum atomic E-state index is 12.8. The molecule has 2 aliphatic heterocycles. The Kier molecular flexibility index (Phi) is 2.93. The molecule has 22 heavy (non-hydrogen) atoms. The van der Waals surface area contributed by atoms with Crippen molar-refractivity contribution in [3.8, 4) is 0 Å². The summed E-state index contributed by atoms with van der Waals surface area (Å²) in [4.78, 5) is 25.5. The zero-order chi connectivity index (χ0) is 15.4. The minimum Gasteiger partial charge on any atom is -0.267 e. The summed E-state index contributed by atoms with van der Waals surface area (Å²) in [5.41, 5.74) is 0.629. The van der Waals surface area contributed by atoms with Gasteiger partial charge < -0.3 is 0 Å². The van der Waals surface area contributed by atoms with E-state index in [4.69, 9.17) is 23.2 Å². The molecule has 0 N–H and O–H groups in total. The number of hydrogen-bond acceptors (Lipinski definition) is 2. The summed E-state index contributed by atoms with van der Waals surface area (Å²) in [6.07, 6.45) is 0. The van der Waals surface area contributed by atoms with Crippen molar-refractivity contribution in [2.45, 2.75) is 11.0 Å². The van der Waals surface area contributed by atoms with E-state index in [0.29, 0.717) is 22.3 Å². The molecule has 0 aliphatic carbocycles. The first-order chi connectivity index (χ1) is 10.6. The lowest BCUT2D eigenvalue weighted by molar-refractivity contribution is -0.0282. The zero-order valence-electron chi connectivity index (χ0n) is 11.2. The second-order valence-corrected chi connectivity index (χ2v) is 5.97. The van der Waals surface area contributed by atoms with Crippen LogP contribution in [0.4, 0.5) is 0 Å². The molecular weight excluding hydrogens is 323 g/mol. The predicted octanol–water partition coefficient (Wildman–Crippen LogP) is 3.69. The largest absolute Gasteiger partial charge is 0.274 e. The Morgan fingerprint density at radius 3 is 1.45 bits per heavy atom. The Balaban J connectivity index is 1.94. The van der Waals surface area contributed by atoms with Crippen molar-refractivity contribution in [2.24, 2.45) is 0 Å². The Bertz CT molecular complexity index is 741. The van der Waals surface area contributed by atoms with Crippen LogP contribution in [0.2, 0.25) is 0 Å². The molecule has 2 heterocycles. The maximum Gasteiger partial charge on any atom is 0.274 e. The van der Waals surface area contributed by atoms with Crippen LogP contribution in [0.5, 0.6) is 0 Å². The van der Waals surface area contributed by atoms with Crippen LogP contribution in [0.3, 0.4) is 0 Å². The second-order valence-electron chi connectivity index (χ2n) is 5.15. The van der Waals surface area contributed by atoms with Crippen LogP contribution in [-0.2, 0) is 0 Å². The van der Waals surface area contributed by atoms with Crippen LogP contribution in [0, 0.1) is 0 Å². The second kappa shape index (κ2) is 4.73. The third-order valence-electron chi connectivity index (χ3n) is 3.97. The predicted molar refractivity (Wildman–Crippen MR) is 82.4 cm³/mol. The van der Waals surface area contributed by atoms with Gasteiger partial charge in [0.2, 0.25) is 0 Å². The van der Waals surface area contributed by atoms with Gasteiger partial charge in [-0.3, -0.25) is 9.59 Å². The molecule has 0 saturated heterocycles. The van der Waals surface area contributed by atoms with Crippen molar-refractivity contribution >= 4 is 35.0 Å². The molecule has 2 aliphatic rings. The summed E-state index contributed by atoms with van der Waals surface area (Å²) >= 11 is 12.9. The molecule has 2 amide bonds.